The van der Waals surface area contributed by atoms with Crippen molar-refractivity contribution in [2.75, 3.05) is 65.8 Å². The number of benzene rings is 2. The van der Waals surface area contributed by atoms with Gasteiger partial charge in [-0.2, -0.15) is 8.61 Å². The van der Waals surface area contributed by atoms with Crippen LogP contribution in [0, 0.1) is 0 Å². The number of hydrogen-bond acceptors (Lipinski definition) is 11. The van der Waals surface area contributed by atoms with Crippen LogP contribution in [0.3, 0.4) is 0 Å². The Morgan fingerprint density at radius 1 is 0.614 bits per heavy atom. The van der Waals surface area contributed by atoms with E-state index in [1.165, 1.54) is 69.3 Å². The lowest BCUT2D eigenvalue weighted by Gasteiger charge is -2.26. The van der Waals surface area contributed by atoms with Crippen LogP contribution in [-0.2, 0) is 53.4 Å². The molecule has 2 aliphatic heterocycles. The molecule has 4 rings (SSSR count). The standard InChI is InChI=1S/C29H32N2O11S2/c32-25(21-41-28(33)11-5-23-1-7-26(8-2-23)43(35,36)30-13-17-39-18-14-30)22-42-29(34)12-6-24-3-9-27(10-4-24)44(37,38)31-15-19-40-20-16-31/h1-12H,13-22H2/b11-5+,12-6+. The molecule has 2 saturated heterocycles. The lowest BCUT2D eigenvalue weighted by Crippen LogP contribution is -2.40. The monoisotopic (exact) mass is 648 g/mol. The molecular formula is C29H32N2O11S2. The number of sulfonamides is 2. The van der Waals surface area contributed by atoms with Gasteiger partial charge in [0.25, 0.3) is 0 Å². The van der Waals surface area contributed by atoms with E-state index in [9.17, 15) is 31.2 Å². The number of nitrogens with zero attached hydrogens (tertiary/aromatic N) is 2. The van der Waals surface area contributed by atoms with Gasteiger partial charge >= 0.3 is 11.9 Å². The summed E-state index contributed by atoms with van der Waals surface area (Å²) >= 11 is 0. The second-order valence-corrected chi connectivity index (χ2v) is 13.5. The minimum atomic E-state index is -3.63. The zero-order valence-electron chi connectivity index (χ0n) is 23.7. The maximum absolute atomic E-state index is 12.7. The number of esters is 2. The van der Waals surface area contributed by atoms with Crippen LogP contribution in [0.25, 0.3) is 12.2 Å². The summed E-state index contributed by atoms with van der Waals surface area (Å²) in [6, 6.07) is 11.9. The van der Waals surface area contributed by atoms with Crippen LogP contribution < -0.4 is 0 Å². The fraction of sp³-hybridized carbons (Fsp3) is 0.345. The van der Waals surface area contributed by atoms with Crippen molar-refractivity contribution in [2.45, 2.75) is 9.79 Å². The first-order valence-corrected chi connectivity index (χ1v) is 16.5. The maximum atomic E-state index is 12.7. The first kappa shape index (κ1) is 33.2. The van der Waals surface area contributed by atoms with E-state index < -0.39 is 51.0 Å². The van der Waals surface area contributed by atoms with Gasteiger partial charge in [-0.15, -0.1) is 0 Å². The van der Waals surface area contributed by atoms with Crippen LogP contribution in [-0.4, -0.2) is 109 Å². The summed E-state index contributed by atoms with van der Waals surface area (Å²) in [7, 11) is -7.27. The van der Waals surface area contributed by atoms with Gasteiger partial charge in [0, 0.05) is 38.3 Å². The normalized spacial score (nSPS) is 17.1. The van der Waals surface area contributed by atoms with Crippen LogP contribution in [0.4, 0.5) is 0 Å². The number of carbonyl (C=O) groups excluding carboxylic acids is 3. The Balaban J connectivity index is 1.17. The topological polar surface area (TPSA) is 163 Å². The second-order valence-electron chi connectivity index (χ2n) is 9.59. The molecule has 236 valence electrons. The number of rotatable bonds is 12. The van der Waals surface area contributed by atoms with E-state index in [4.69, 9.17) is 18.9 Å². The van der Waals surface area contributed by atoms with Crippen LogP contribution in [0.2, 0.25) is 0 Å². The number of morpholine rings is 2. The Labute approximate surface area is 255 Å². The number of Topliss-reactive ketones (excluding diaryl/α,β-unsaturated/α-hetero) is 1. The Morgan fingerprint density at radius 3 is 1.30 bits per heavy atom. The number of hydrogen-bond donors (Lipinski definition) is 0. The Bertz CT molecular complexity index is 1470. The highest BCUT2D eigenvalue weighted by Gasteiger charge is 2.27. The molecule has 0 aromatic heterocycles. The largest absolute Gasteiger partial charge is 0.454 e. The maximum Gasteiger partial charge on any atom is 0.331 e. The van der Waals surface area contributed by atoms with Crippen molar-refractivity contribution in [3.8, 4) is 0 Å². The minimum Gasteiger partial charge on any atom is -0.454 e. The van der Waals surface area contributed by atoms with E-state index in [1.807, 2.05) is 0 Å². The van der Waals surface area contributed by atoms with Crippen molar-refractivity contribution >= 4 is 49.9 Å². The van der Waals surface area contributed by atoms with Crippen LogP contribution in [0.15, 0.2) is 70.5 Å². The molecule has 0 unspecified atom stereocenters. The zero-order valence-corrected chi connectivity index (χ0v) is 25.3. The van der Waals surface area contributed by atoms with Gasteiger partial charge in [0.1, 0.15) is 0 Å². The molecule has 2 fully saturated rings. The minimum absolute atomic E-state index is 0.127. The summed E-state index contributed by atoms with van der Waals surface area (Å²) < 4.78 is 73.6. The molecule has 0 saturated carbocycles. The molecule has 44 heavy (non-hydrogen) atoms. The fourth-order valence-electron chi connectivity index (χ4n) is 4.14. The van der Waals surface area contributed by atoms with Crippen molar-refractivity contribution in [2.24, 2.45) is 0 Å². The SMILES string of the molecule is O=C(COC(=O)/C=C/c1ccc(S(=O)(=O)N2CCOCC2)cc1)COC(=O)/C=C/c1ccc(S(=O)(=O)N2CCOCC2)cc1. The Hall–Kier alpha value is -3.73. The zero-order chi connectivity index (χ0) is 31.6. The van der Waals surface area contributed by atoms with Gasteiger partial charge in [-0.05, 0) is 47.5 Å². The molecule has 0 bridgehead atoms. The Morgan fingerprint density at radius 2 is 0.955 bits per heavy atom. The molecular weight excluding hydrogens is 616 g/mol. The molecule has 0 N–H and O–H groups in total. The average molecular weight is 649 g/mol. The van der Waals surface area contributed by atoms with E-state index >= 15 is 0 Å². The van der Waals surface area contributed by atoms with Gasteiger partial charge in [0.05, 0.1) is 36.2 Å². The molecule has 2 aromatic carbocycles. The van der Waals surface area contributed by atoms with Crippen molar-refractivity contribution < 1.29 is 50.2 Å². The summed E-state index contributed by atoms with van der Waals surface area (Å²) in [6.45, 7) is 1.26. The highest BCUT2D eigenvalue weighted by atomic mass is 32.2. The summed E-state index contributed by atoms with van der Waals surface area (Å²) in [5, 5.41) is 0. The third-order valence-corrected chi connectivity index (χ3v) is 10.4. The number of carbonyl (C=O) groups is 3. The second kappa shape index (κ2) is 15.3. The van der Waals surface area contributed by atoms with Crippen LogP contribution in [0.5, 0.6) is 0 Å². The third kappa shape index (κ3) is 9.14. The molecule has 15 heteroatoms. The van der Waals surface area contributed by atoms with E-state index in [0.29, 0.717) is 37.6 Å². The molecule has 2 aliphatic rings. The molecule has 0 aliphatic carbocycles. The highest BCUT2D eigenvalue weighted by Crippen LogP contribution is 2.19. The molecule has 2 heterocycles. The first-order valence-electron chi connectivity index (χ1n) is 13.6. The Kier molecular flexibility index (Phi) is 11.5. The van der Waals surface area contributed by atoms with Crippen molar-refractivity contribution in [1.29, 1.82) is 0 Å². The summed E-state index contributed by atoms with van der Waals surface area (Å²) in [4.78, 5) is 36.2. The summed E-state index contributed by atoms with van der Waals surface area (Å²) in [5.41, 5.74) is 1.09. The highest BCUT2D eigenvalue weighted by molar-refractivity contribution is 7.89. The van der Waals surface area contributed by atoms with Gasteiger partial charge in [-0.1, -0.05) is 24.3 Å². The molecule has 0 radical (unpaired) electrons. The predicted molar refractivity (Wildman–Crippen MR) is 157 cm³/mol. The fourth-order valence-corrected chi connectivity index (χ4v) is 6.96. The van der Waals surface area contributed by atoms with Gasteiger partial charge in [-0.3, -0.25) is 4.79 Å². The molecule has 2 aromatic rings. The van der Waals surface area contributed by atoms with Crippen molar-refractivity contribution in [3.05, 3.63) is 71.8 Å². The lowest BCUT2D eigenvalue weighted by molar-refractivity contribution is -0.148. The average Bonchev–Trinajstić information content (AvgIpc) is 3.05. The smallest absolute Gasteiger partial charge is 0.331 e. The van der Waals surface area contributed by atoms with E-state index in [1.54, 1.807) is 0 Å². The van der Waals surface area contributed by atoms with E-state index in [0.717, 1.165) is 12.2 Å². The van der Waals surface area contributed by atoms with Gasteiger partial charge in [0.2, 0.25) is 25.8 Å². The van der Waals surface area contributed by atoms with E-state index in [2.05, 4.69) is 0 Å². The van der Waals surface area contributed by atoms with Crippen molar-refractivity contribution in [3.63, 3.8) is 0 Å². The van der Waals surface area contributed by atoms with Crippen molar-refractivity contribution in [1.82, 2.24) is 8.61 Å². The predicted octanol–water partition coefficient (Wildman–Crippen LogP) is 1.11. The number of ether oxygens (including phenoxy) is 4. The first-order chi connectivity index (χ1) is 21.1. The van der Waals surface area contributed by atoms with E-state index in [-0.39, 0.29) is 36.0 Å². The molecule has 0 atom stereocenters. The summed E-state index contributed by atoms with van der Waals surface area (Å²) in [5.74, 6) is -2.27. The molecule has 0 amide bonds. The summed E-state index contributed by atoms with van der Waals surface area (Å²) in [6.07, 6.45) is 5.00. The molecule has 13 nitrogen and oxygen atoms in total. The van der Waals surface area contributed by atoms with Gasteiger partial charge in [0.15, 0.2) is 13.2 Å². The van der Waals surface area contributed by atoms with Crippen LogP contribution >= 0.6 is 0 Å². The third-order valence-electron chi connectivity index (χ3n) is 6.55. The van der Waals surface area contributed by atoms with Gasteiger partial charge < -0.3 is 18.9 Å². The van der Waals surface area contributed by atoms with Gasteiger partial charge in [-0.25, -0.2) is 26.4 Å². The molecule has 0 spiro atoms. The lowest BCUT2D eigenvalue weighted by atomic mass is 10.2. The van der Waals surface area contributed by atoms with Crippen LogP contribution in [0.1, 0.15) is 11.1 Å². The number of ketones is 1. The quantitative estimate of drug-likeness (QED) is 0.239.